The molecule has 1 unspecified atom stereocenters. The lowest BCUT2D eigenvalue weighted by Gasteiger charge is -2.49. The summed E-state index contributed by atoms with van der Waals surface area (Å²) >= 11 is 0. The second kappa shape index (κ2) is 6.36. The lowest BCUT2D eigenvalue weighted by atomic mass is 9.95. The molecule has 0 spiro atoms. The van der Waals surface area contributed by atoms with E-state index < -0.39 is 0 Å². The molecule has 1 saturated heterocycles. The van der Waals surface area contributed by atoms with Crippen molar-refractivity contribution in [2.75, 3.05) is 19.6 Å². The highest BCUT2D eigenvalue weighted by Gasteiger charge is 2.39. The van der Waals surface area contributed by atoms with E-state index in [1.165, 1.54) is 25.7 Å². The average Bonchev–Trinajstić information content (AvgIpc) is 2.20. The van der Waals surface area contributed by atoms with Crippen LogP contribution in [0.2, 0.25) is 0 Å². The predicted molar refractivity (Wildman–Crippen MR) is 77.8 cm³/mol. The molecule has 0 bridgehead atoms. The minimum atomic E-state index is -0.0695. The maximum absolute atomic E-state index is 6.13. The maximum Gasteiger partial charge on any atom is 0.0760 e. The topological polar surface area (TPSA) is 38.5 Å². The summed E-state index contributed by atoms with van der Waals surface area (Å²) < 4.78 is 6.13. The lowest BCUT2D eigenvalue weighted by molar-refractivity contribution is -0.187. The van der Waals surface area contributed by atoms with Gasteiger partial charge in [0.15, 0.2) is 0 Å². The molecule has 1 heterocycles. The van der Waals surface area contributed by atoms with Crippen molar-refractivity contribution in [2.45, 2.75) is 77.5 Å². The van der Waals surface area contributed by atoms with E-state index >= 15 is 0 Å². The van der Waals surface area contributed by atoms with Crippen molar-refractivity contribution < 1.29 is 4.74 Å². The number of nitrogens with two attached hydrogens (primary N) is 1. The summed E-state index contributed by atoms with van der Waals surface area (Å²) in [6.45, 7) is 13.7. The van der Waals surface area contributed by atoms with Gasteiger partial charge in [-0.1, -0.05) is 26.2 Å². The molecule has 0 saturated carbocycles. The van der Waals surface area contributed by atoms with Crippen molar-refractivity contribution in [3.05, 3.63) is 0 Å². The van der Waals surface area contributed by atoms with Crippen LogP contribution in [0.3, 0.4) is 0 Å². The van der Waals surface area contributed by atoms with Crippen LogP contribution in [-0.2, 0) is 4.74 Å². The third kappa shape index (κ3) is 4.87. The SMILES string of the molecule is CCCCCC(CN)N1CC(C)(C)OC(C)(C)C1. The highest BCUT2D eigenvalue weighted by Crippen LogP contribution is 2.29. The number of rotatable bonds is 6. The molecule has 1 aliphatic rings. The molecule has 1 aliphatic heterocycles. The first-order chi connectivity index (χ1) is 8.29. The van der Waals surface area contributed by atoms with E-state index in [4.69, 9.17) is 10.5 Å². The van der Waals surface area contributed by atoms with E-state index in [0.717, 1.165) is 19.6 Å². The first-order valence-corrected chi connectivity index (χ1v) is 7.44. The summed E-state index contributed by atoms with van der Waals surface area (Å²) in [4.78, 5) is 2.54. The Hall–Kier alpha value is -0.120. The normalized spacial score (nSPS) is 25.0. The average molecular weight is 256 g/mol. The van der Waals surface area contributed by atoms with Gasteiger partial charge in [0.2, 0.25) is 0 Å². The van der Waals surface area contributed by atoms with Crippen LogP contribution in [0.25, 0.3) is 0 Å². The molecule has 1 atom stereocenters. The number of hydrogen-bond donors (Lipinski definition) is 1. The predicted octanol–water partition coefficient (Wildman–Crippen LogP) is 2.78. The van der Waals surface area contributed by atoms with Crippen LogP contribution in [-0.4, -0.2) is 41.8 Å². The molecule has 108 valence electrons. The first kappa shape index (κ1) is 15.9. The Kier molecular flexibility index (Phi) is 5.63. The fourth-order valence-electron chi connectivity index (χ4n) is 3.18. The van der Waals surface area contributed by atoms with Crippen LogP contribution in [0.4, 0.5) is 0 Å². The van der Waals surface area contributed by atoms with E-state index in [-0.39, 0.29) is 11.2 Å². The van der Waals surface area contributed by atoms with Gasteiger partial charge >= 0.3 is 0 Å². The lowest BCUT2D eigenvalue weighted by Crippen LogP contribution is -2.60. The van der Waals surface area contributed by atoms with Gasteiger partial charge in [0.05, 0.1) is 11.2 Å². The van der Waals surface area contributed by atoms with Gasteiger partial charge in [0.25, 0.3) is 0 Å². The molecule has 0 aromatic rings. The Morgan fingerprint density at radius 3 is 2.11 bits per heavy atom. The summed E-state index contributed by atoms with van der Waals surface area (Å²) in [5.74, 6) is 0. The summed E-state index contributed by atoms with van der Waals surface area (Å²) in [7, 11) is 0. The number of morpholine rings is 1. The zero-order chi connectivity index (χ0) is 13.8. The van der Waals surface area contributed by atoms with Gasteiger partial charge < -0.3 is 10.5 Å². The summed E-state index contributed by atoms with van der Waals surface area (Å²) in [6.07, 6.45) is 5.10. The number of nitrogens with zero attached hydrogens (tertiary/aromatic N) is 1. The number of unbranched alkanes of at least 4 members (excludes halogenated alkanes) is 2. The second-order valence-electron chi connectivity index (χ2n) is 6.91. The first-order valence-electron chi connectivity index (χ1n) is 7.44. The molecule has 18 heavy (non-hydrogen) atoms. The molecular weight excluding hydrogens is 224 g/mol. The number of ether oxygens (including phenoxy) is 1. The van der Waals surface area contributed by atoms with Gasteiger partial charge in [0, 0.05) is 25.7 Å². The third-order valence-electron chi connectivity index (χ3n) is 3.65. The molecule has 0 amide bonds. The zero-order valence-electron chi connectivity index (χ0n) is 13.0. The molecule has 0 aromatic heterocycles. The van der Waals surface area contributed by atoms with Crippen molar-refractivity contribution >= 4 is 0 Å². The number of hydrogen-bond acceptors (Lipinski definition) is 3. The third-order valence-corrected chi connectivity index (χ3v) is 3.65. The van der Waals surface area contributed by atoms with Crippen LogP contribution < -0.4 is 5.73 Å². The van der Waals surface area contributed by atoms with Crippen LogP contribution in [0.1, 0.15) is 60.3 Å². The van der Waals surface area contributed by atoms with Crippen LogP contribution in [0.5, 0.6) is 0 Å². The highest BCUT2D eigenvalue weighted by molar-refractivity contribution is 4.92. The van der Waals surface area contributed by atoms with Crippen LogP contribution in [0, 0.1) is 0 Å². The standard InChI is InChI=1S/C15H32N2O/c1-6-7-8-9-13(10-16)17-11-14(2,3)18-15(4,5)12-17/h13H,6-12,16H2,1-5H3. The smallest absolute Gasteiger partial charge is 0.0760 e. The Labute approximate surface area is 113 Å². The fourth-order valence-corrected chi connectivity index (χ4v) is 3.18. The molecule has 0 aromatic carbocycles. The van der Waals surface area contributed by atoms with Gasteiger partial charge in [-0.2, -0.15) is 0 Å². The Morgan fingerprint density at radius 1 is 1.11 bits per heavy atom. The second-order valence-corrected chi connectivity index (χ2v) is 6.91. The van der Waals surface area contributed by atoms with E-state index in [1.807, 2.05) is 0 Å². The summed E-state index contributed by atoms with van der Waals surface area (Å²) in [6, 6.07) is 0.513. The highest BCUT2D eigenvalue weighted by atomic mass is 16.5. The van der Waals surface area contributed by atoms with Gasteiger partial charge in [-0.15, -0.1) is 0 Å². The quantitative estimate of drug-likeness (QED) is 0.743. The Balaban J connectivity index is 2.61. The molecule has 3 nitrogen and oxygen atoms in total. The monoisotopic (exact) mass is 256 g/mol. The van der Waals surface area contributed by atoms with Crippen molar-refractivity contribution in [1.29, 1.82) is 0 Å². The van der Waals surface area contributed by atoms with E-state index in [9.17, 15) is 0 Å². The van der Waals surface area contributed by atoms with Crippen LogP contribution in [0.15, 0.2) is 0 Å². The van der Waals surface area contributed by atoms with Gasteiger partial charge in [-0.3, -0.25) is 4.90 Å². The minimum absolute atomic E-state index is 0.0695. The molecule has 1 rings (SSSR count). The van der Waals surface area contributed by atoms with Gasteiger partial charge in [-0.25, -0.2) is 0 Å². The van der Waals surface area contributed by atoms with Crippen molar-refractivity contribution in [1.82, 2.24) is 4.90 Å². The fraction of sp³-hybridized carbons (Fsp3) is 1.00. The molecule has 1 fully saturated rings. The molecule has 0 radical (unpaired) electrons. The Morgan fingerprint density at radius 2 is 1.67 bits per heavy atom. The molecule has 3 heteroatoms. The van der Waals surface area contributed by atoms with Crippen molar-refractivity contribution in [3.63, 3.8) is 0 Å². The molecule has 0 aliphatic carbocycles. The van der Waals surface area contributed by atoms with Crippen LogP contribution >= 0.6 is 0 Å². The zero-order valence-corrected chi connectivity index (χ0v) is 13.0. The maximum atomic E-state index is 6.13. The molecule has 2 N–H and O–H groups in total. The van der Waals surface area contributed by atoms with Gasteiger partial charge in [0.1, 0.15) is 0 Å². The largest absolute Gasteiger partial charge is 0.367 e. The van der Waals surface area contributed by atoms with Crippen molar-refractivity contribution in [2.24, 2.45) is 5.73 Å². The van der Waals surface area contributed by atoms with E-state index in [0.29, 0.717) is 6.04 Å². The van der Waals surface area contributed by atoms with E-state index in [2.05, 4.69) is 39.5 Å². The van der Waals surface area contributed by atoms with E-state index in [1.54, 1.807) is 0 Å². The van der Waals surface area contributed by atoms with Crippen molar-refractivity contribution in [3.8, 4) is 0 Å². The summed E-state index contributed by atoms with van der Waals surface area (Å²) in [5.41, 5.74) is 5.84. The Bertz CT molecular complexity index is 235. The minimum Gasteiger partial charge on any atom is -0.367 e. The summed E-state index contributed by atoms with van der Waals surface area (Å²) in [5, 5.41) is 0. The molecular formula is C15H32N2O. The van der Waals surface area contributed by atoms with Gasteiger partial charge in [-0.05, 0) is 34.1 Å².